The van der Waals surface area contributed by atoms with Crippen LogP contribution in [0.1, 0.15) is 51.2 Å². The van der Waals surface area contributed by atoms with Crippen LogP contribution in [0.15, 0.2) is 60.8 Å². The summed E-state index contributed by atoms with van der Waals surface area (Å²) in [6.45, 7) is 5.07. The number of carbonyl (C=O) groups excluding carboxylic acids is 5. The van der Waals surface area contributed by atoms with E-state index in [4.69, 9.17) is 10.8 Å². The Labute approximate surface area is 273 Å². The quantitative estimate of drug-likeness (QED) is 0.107. The molecule has 47 heavy (non-hydrogen) atoms. The number of fused-ring (bicyclic) bond motifs is 1. The third-order valence-electron chi connectivity index (χ3n) is 8.02. The summed E-state index contributed by atoms with van der Waals surface area (Å²) in [5.74, 6) is -4.05. The van der Waals surface area contributed by atoms with Crippen molar-refractivity contribution in [2.75, 3.05) is 0 Å². The second kappa shape index (κ2) is 17.6. The van der Waals surface area contributed by atoms with Crippen LogP contribution in [0.2, 0.25) is 0 Å². The van der Waals surface area contributed by atoms with E-state index in [-0.39, 0.29) is 31.6 Å². The van der Waals surface area contributed by atoms with Crippen molar-refractivity contribution in [1.29, 1.82) is 0 Å². The largest absolute Gasteiger partial charge is 0.481 e. The minimum Gasteiger partial charge on any atom is -0.481 e. The molecule has 1 heterocycles. The van der Waals surface area contributed by atoms with E-state index in [9.17, 15) is 28.8 Å². The van der Waals surface area contributed by atoms with Crippen molar-refractivity contribution in [3.05, 3.63) is 71.9 Å². The van der Waals surface area contributed by atoms with E-state index in [0.29, 0.717) is 6.42 Å². The zero-order valence-corrected chi connectivity index (χ0v) is 26.7. The number of benzene rings is 2. The summed E-state index contributed by atoms with van der Waals surface area (Å²) in [5.41, 5.74) is 8.33. The van der Waals surface area contributed by atoms with E-state index in [1.807, 2.05) is 37.5 Å². The highest BCUT2D eigenvalue weighted by atomic mass is 16.4. The molecule has 0 bridgehead atoms. The molecule has 1 radical (unpaired) electrons. The van der Waals surface area contributed by atoms with Gasteiger partial charge in [-0.3, -0.25) is 28.8 Å². The third-order valence-corrected chi connectivity index (χ3v) is 8.02. The second-order valence-corrected chi connectivity index (χ2v) is 11.6. The molecule has 4 amide bonds. The van der Waals surface area contributed by atoms with E-state index in [1.165, 1.54) is 6.92 Å². The Balaban J connectivity index is 1.68. The lowest BCUT2D eigenvalue weighted by Crippen LogP contribution is -2.59. The smallest absolute Gasteiger partial charge is 0.303 e. The first-order valence-corrected chi connectivity index (χ1v) is 15.6. The number of amides is 4. The molecule has 0 aliphatic heterocycles. The van der Waals surface area contributed by atoms with E-state index >= 15 is 0 Å². The maximum Gasteiger partial charge on any atom is 0.303 e. The number of hydrogen-bond acceptors (Lipinski definition) is 7. The SMILES string of the molecule is CC[C@H](C)[C@H](NC(=O)[C@H](Cc1ccccc1)NC(=O)[C@@H](N)CCC(=O)O)C(=O)N[C@@H](C)C(=O)N[C@H]([C]=O)Cc1c[nH]c2ccccc12. The van der Waals surface area contributed by atoms with Gasteiger partial charge in [0, 0.05) is 36.4 Å². The lowest BCUT2D eigenvalue weighted by atomic mass is 9.96. The van der Waals surface area contributed by atoms with Gasteiger partial charge in [-0.05, 0) is 36.5 Å². The molecule has 2 aromatic carbocycles. The molecule has 1 aromatic heterocycles. The Bertz CT molecular complexity index is 1540. The van der Waals surface area contributed by atoms with Gasteiger partial charge in [0.2, 0.25) is 29.9 Å². The third kappa shape index (κ3) is 10.8. The first-order valence-electron chi connectivity index (χ1n) is 15.6. The maximum atomic E-state index is 13.6. The van der Waals surface area contributed by atoms with Gasteiger partial charge in [0.15, 0.2) is 0 Å². The highest BCUT2D eigenvalue weighted by Crippen LogP contribution is 2.19. The summed E-state index contributed by atoms with van der Waals surface area (Å²) in [4.78, 5) is 78.7. The van der Waals surface area contributed by atoms with E-state index in [2.05, 4.69) is 26.3 Å². The minimum absolute atomic E-state index is 0.0811. The molecule has 0 saturated carbocycles. The van der Waals surface area contributed by atoms with Crippen molar-refractivity contribution in [1.82, 2.24) is 26.3 Å². The monoisotopic (exact) mass is 647 g/mol. The predicted octanol–water partition coefficient (Wildman–Crippen LogP) is 1.26. The van der Waals surface area contributed by atoms with Gasteiger partial charge in [-0.1, -0.05) is 68.8 Å². The number of aliphatic carboxylic acids is 1. The summed E-state index contributed by atoms with van der Waals surface area (Å²) in [7, 11) is 0. The highest BCUT2D eigenvalue weighted by Gasteiger charge is 2.32. The number of carboxylic acids is 1. The van der Waals surface area contributed by atoms with Gasteiger partial charge in [0.05, 0.1) is 12.1 Å². The van der Waals surface area contributed by atoms with E-state index < -0.39 is 59.8 Å². The van der Waals surface area contributed by atoms with Crippen LogP contribution in [0.4, 0.5) is 0 Å². The van der Waals surface area contributed by atoms with Crippen molar-refractivity contribution < 1.29 is 33.9 Å². The van der Waals surface area contributed by atoms with Gasteiger partial charge in [0.1, 0.15) is 18.1 Å². The molecular weight excluding hydrogens is 604 g/mol. The lowest BCUT2D eigenvalue weighted by molar-refractivity contribution is -0.137. The number of hydrogen-bond donors (Lipinski definition) is 7. The molecule has 0 fully saturated rings. The molecule has 0 unspecified atom stereocenters. The number of aromatic nitrogens is 1. The minimum atomic E-state index is -1.16. The van der Waals surface area contributed by atoms with Crippen LogP contribution in [-0.4, -0.2) is 76.2 Å². The Morgan fingerprint density at radius 1 is 0.851 bits per heavy atom. The van der Waals surface area contributed by atoms with Crippen LogP contribution in [0.5, 0.6) is 0 Å². The van der Waals surface area contributed by atoms with Crippen molar-refractivity contribution >= 4 is 46.8 Å². The molecule has 3 aromatic rings. The van der Waals surface area contributed by atoms with Crippen molar-refractivity contribution in [3.63, 3.8) is 0 Å². The molecule has 0 aliphatic carbocycles. The Morgan fingerprint density at radius 3 is 2.19 bits per heavy atom. The Kier molecular flexibility index (Phi) is 13.6. The summed E-state index contributed by atoms with van der Waals surface area (Å²) in [5, 5.41) is 20.4. The standard InChI is InChI=1S/C34H43N6O7/c1-4-20(2)30(40-33(46)28(16-22-10-6-5-7-11-22)39-32(45)26(35)14-15-29(42)43)34(47)37-21(3)31(44)38-24(19-41)17-23-18-36-27-13-9-8-12-25(23)27/h5-13,18,20-21,24,26,28,30,36H,4,14-17,35H2,1-3H3,(H,37,47)(H,38,44)(H,39,45)(H,40,46)(H,42,43)/t20-,21-,24-,26-,28-,30-/m0/s1. The maximum absolute atomic E-state index is 13.6. The zero-order valence-electron chi connectivity index (χ0n) is 26.7. The number of carboxylic acid groups (broad SMARTS) is 1. The van der Waals surface area contributed by atoms with E-state index in [1.54, 1.807) is 43.5 Å². The Morgan fingerprint density at radius 2 is 1.53 bits per heavy atom. The zero-order chi connectivity index (χ0) is 34.5. The molecule has 6 atom stereocenters. The van der Waals surface area contributed by atoms with Crippen molar-refractivity contribution in [3.8, 4) is 0 Å². The molecule has 13 nitrogen and oxygen atoms in total. The van der Waals surface area contributed by atoms with Crippen molar-refractivity contribution in [2.24, 2.45) is 11.7 Å². The van der Waals surface area contributed by atoms with Gasteiger partial charge < -0.3 is 37.1 Å². The average molecular weight is 648 g/mol. The van der Waals surface area contributed by atoms with Gasteiger partial charge in [-0.15, -0.1) is 0 Å². The van der Waals surface area contributed by atoms with Gasteiger partial charge in [0.25, 0.3) is 0 Å². The fraction of sp³-hybridized carbons (Fsp3) is 0.412. The first-order chi connectivity index (χ1) is 22.4. The molecule has 13 heteroatoms. The summed E-state index contributed by atoms with van der Waals surface area (Å²) in [6.07, 6.45) is 3.95. The lowest BCUT2D eigenvalue weighted by Gasteiger charge is -2.28. The molecular formula is C34H43N6O7. The molecule has 251 valence electrons. The molecule has 0 saturated heterocycles. The van der Waals surface area contributed by atoms with Crippen LogP contribution in [0.3, 0.4) is 0 Å². The summed E-state index contributed by atoms with van der Waals surface area (Å²) in [6, 6.07) is 11.1. The van der Waals surface area contributed by atoms with Crippen LogP contribution >= 0.6 is 0 Å². The molecule has 3 rings (SSSR count). The highest BCUT2D eigenvalue weighted by molar-refractivity contribution is 5.95. The van der Waals surface area contributed by atoms with Crippen LogP contribution in [0.25, 0.3) is 10.9 Å². The number of rotatable bonds is 18. The van der Waals surface area contributed by atoms with E-state index in [0.717, 1.165) is 22.0 Å². The summed E-state index contributed by atoms with van der Waals surface area (Å²) < 4.78 is 0. The molecule has 0 aliphatic rings. The van der Waals surface area contributed by atoms with Gasteiger partial charge in [-0.2, -0.15) is 0 Å². The Hall–Kier alpha value is -5.04. The summed E-state index contributed by atoms with van der Waals surface area (Å²) >= 11 is 0. The number of nitrogens with two attached hydrogens (primary N) is 1. The number of para-hydroxylation sites is 1. The van der Waals surface area contributed by atoms with Gasteiger partial charge >= 0.3 is 5.97 Å². The fourth-order valence-electron chi connectivity index (χ4n) is 5.01. The molecule has 0 spiro atoms. The van der Waals surface area contributed by atoms with Gasteiger partial charge in [-0.25, -0.2) is 0 Å². The number of aromatic amines is 1. The van der Waals surface area contributed by atoms with Crippen molar-refractivity contribution in [2.45, 2.75) is 83.1 Å². The number of nitrogens with one attached hydrogen (secondary N) is 5. The average Bonchev–Trinajstić information content (AvgIpc) is 3.47. The second-order valence-electron chi connectivity index (χ2n) is 11.6. The van der Waals surface area contributed by atoms with Crippen LogP contribution in [0, 0.1) is 5.92 Å². The number of H-pyrrole nitrogens is 1. The first kappa shape index (κ1) is 36.4. The molecule has 8 N–H and O–H groups in total. The number of carbonyl (C=O) groups is 5. The topological polar surface area (TPSA) is 213 Å². The normalized spacial score (nSPS) is 14.9. The fourth-order valence-corrected chi connectivity index (χ4v) is 5.01. The van der Waals surface area contributed by atoms with Crippen LogP contribution < -0.4 is 27.0 Å². The van der Waals surface area contributed by atoms with Crippen LogP contribution in [-0.2, 0) is 41.6 Å². The predicted molar refractivity (Wildman–Crippen MR) is 176 cm³/mol.